The molecule has 0 aliphatic heterocycles. The van der Waals surface area contributed by atoms with Crippen molar-refractivity contribution in [2.24, 2.45) is 5.73 Å². The molecule has 0 saturated heterocycles. The second-order valence-corrected chi connectivity index (χ2v) is 3.82. The molecule has 1 aromatic rings. The first-order valence-electron chi connectivity index (χ1n) is 4.94. The maximum atomic E-state index is 12.3. The number of nitrogens with two attached hydrogens (primary N) is 1. The lowest BCUT2D eigenvalue weighted by molar-refractivity contribution is -0.137. The van der Waals surface area contributed by atoms with Gasteiger partial charge in [-0.05, 0) is 17.7 Å². The summed E-state index contributed by atoms with van der Waals surface area (Å²) in [5.74, 6) is -0.697. The molecule has 0 aliphatic rings. The number of halogens is 5. The van der Waals surface area contributed by atoms with Gasteiger partial charge in [-0.25, -0.2) is 8.78 Å². The molecule has 2 unspecified atom stereocenters. The quantitative estimate of drug-likeness (QED) is 0.821. The van der Waals surface area contributed by atoms with Gasteiger partial charge >= 0.3 is 6.18 Å². The highest BCUT2D eigenvalue weighted by molar-refractivity contribution is 5.27. The highest BCUT2D eigenvalue weighted by Gasteiger charge is 2.30. The molecule has 0 spiro atoms. The summed E-state index contributed by atoms with van der Waals surface area (Å²) < 4.78 is 61.4. The Hall–Kier alpha value is -1.17. The van der Waals surface area contributed by atoms with Crippen molar-refractivity contribution in [2.75, 3.05) is 0 Å². The van der Waals surface area contributed by atoms with Gasteiger partial charge in [0.15, 0.2) is 0 Å². The van der Waals surface area contributed by atoms with Gasteiger partial charge in [-0.15, -0.1) is 0 Å². The summed E-state index contributed by atoms with van der Waals surface area (Å²) in [7, 11) is 0. The largest absolute Gasteiger partial charge is 0.416 e. The van der Waals surface area contributed by atoms with Crippen molar-refractivity contribution < 1.29 is 22.0 Å². The Balaban J connectivity index is 2.88. The molecule has 0 radical (unpaired) electrons. The lowest BCUT2D eigenvalue weighted by atomic mass is 9.93. The summed E-state index contributed by atoms with van der Waals surface area (Å²) in [5.41, 5.74) is 4.80. The van der Waals surface area contributed by atoms with Crippen LogP contribution < -0.4 is 5.73 Å². The fourth-order valence-electron chi connectivity index (χ4n) is 1.42. The van der Waals surface area contributed by atoms with Crippen LogP contribution in [0.4, 0.5) is 22.0 Å². The Morgan fingerprint density at radius 1 is 1.06 bits per heavy atom. The van der Waals surface area contributed by atoms with E-state index >= 15 is 0 Å². The zero-order valence-electron chi connectivity index (χ0n) is 9.01. The maximum absolute atomic E-state index is 12.3. The van der Waals surface area contributed by atoms with E-state index in [4.69, 9.17) is 5.73 Å². The van der Waals surface area contributed by atoms with Gasteiger partial charge in [-0.1, -0.05) is 19.1 Å². The molecule has 0 aromatic heterocycles. The number of hydrogen-bond acceptors (Lipinski definition) is 1. The highest BCUT2D eigenvalue weighted by Crippen LogP contribution is 2.30. The summed E-state index contributed by atoms with van der Waals surface area (Å²) >= 11 is 0. The van der Waals surface area contributed by atoms with Gasteiger partial charge < -0.3 is 5.73 Å². The Morgan fingerprint density at radius 2 is 1.53 bits per heavy atom. The van der Waals surface area contributed by atoms with Crippen molar-refractivity contribution in [2.45, 2.75) is 31.5 Å². The van der Waals surface area contributed by atoms with Crippen LogP contribution in [0.5, 0.6) is 0 Å². The molecule has 0 heterocycles. The minimum Gasteiger partial charge on any atom is -0.322 e. The Morgan fingerprint density at radius 3 is 1.88 bits per heavy atom. The Bertz CT molecular complexity index is 357. The average molecular weight is 253 g/mol. The molecule has 0 saturated carbocycles. The Labute approximate surface area is 95.4 Å². The van der Waals surface area contributed by atoms with Gasteiger partial charge in [0.25, 0.3) is 6.43 Å². The summed E-state index contributed by atoms with van der Waals surface area (Å²) in [6.07, 6.45) is -7.13. The van der Waals surface area contributed by atoms with Crippen LogP contribution in [0.15, 0.2) is 24.3 Å². The van der Waals surface area contributed by atoms with E-state index in [1.165, 1.54) is 19.1 Å². The molecule has 17 heavy (non-hydrogen) atoms. The van der Waals surface area contributed by atoms with Crippen LogP contribution in [0, 0.1) is 0 Å². The summed E-state index contributed by atoms with van der Waals surface area (Å²) in [6, 6.07) is 2.70. The summed E-state index contributed by atoms with van der Waals surface area (Å²) in [5, 5.41) is 0. The second kappa shape index (κ2) is 5.00. The van der Waals surface area contributed by atoms with Crippen molar-refractivity contribution in [1.82, 2.24) is 0 Å². The molecular weight excluding hydrogens is 241 g/mol. The molecule has 0 amide bonds. The molecule has 2 N–H and O–H groups in total. The topological polar surface area (TPSA) is 26.0 Å². The number of rotatable bonds is 3. The zero-order chi connectivity index (χ0) is 13.2. The standard InChI is InChI=1S/C11H12F5N/c1-6(9(17)10(12)13)7-2-4-8(5-3-7)11(14,15)16/h2-6,9-10H,17H2,1H3. The van der Waals surface area contributed by atoms with Crippen LogP contribution in [0.3, 0.4) is 0 Å². The van der Waals surface area contributed by atoms with Gasteiger partial charge in [0.1, 0.15) is 0 Å². The SMILES string of the molecule is CC(c1ccc(C(F)(F)F)cc1)C(N)C(F)F. The first-order valence-corrected chi connectivity index (χ1v) is 4.94. The fraction of sp³-hybridized carbons (Fsp3) is 0.455. The lowest BCUT2D eigenvalue weighted by Crippen LogP contribution is -2.34. The van der Waals surface area contributed by atoms with Crippen LogP contribution in [-0.2, 0) is 6.18 Å². The minimum atomic E-state index is -4.42. The highest BCUT2D eigenvalue weighted by atomic mass is 19.4. The van der Waals surface area contributed by atoms with E-state index in [0.717, 1.165) is 12.1 Å². The van der Waals surface area contributed by atoms with Crippen LogP contribution in [0.25, 0.3) is 0 Å². The molecule has 1 aromatic carbocycles. The van der Waals surface area contributed by atoms with Crippen LogP contribution in [0.1, 0.15) is 24.0 Å². The number of alkyl halides is 5. The molecule has 2 atom stereocenters. The van der Waals surface area contributed by atoms with E-state index in [1.54, 1.807) is 0 Å². The van der Waals surface area contributed by atoms with Crippen LogP contribution in [-0.4, -0.2) is 12.5 Å². The van der Waals surface area contributed by atoms with E-state index in [-0.39, 0.29) is 0 Å². The number of hydrogen-bond donors (Lipinski definition) is 1. The van der Waals surface area contributed by atoms with Crippen molar-refractivity contribution >= 4 is 0 Å². The first-order chi connectivity index (χ1) is 7.73. The van der Waals surface area contributed by atoms with Crippen molar-refractivity contribution in [1.29, 1.82) is 0 Å². The predicted molar refractivity (Wildman–Crippen MR) is 53.8 cm³/mol. The van der Waals surface area contributed by atoms with Crippen LogP contribution in [0.2, 0.25) is 0 Å². The smallest absolute Gasteiger partial charge is 0.322 e. The number of benzene rings is 1. The Kier molecular flexibility index (Phi) is 4.08. The second-order valence-electron chi connectivity index (χ2n) is 3.82. The fourth-order valence-corrected chi connectivity index (χ4v) is 1.42. The molecular formula is C11H12F5N. The third-order valence-corrected chi connectivity index (χ3v) is 2.63. The molecule has 0 bridgehead atoms. The molecule has 0 aliphatic carbocycles. The average Bonchev–Trinajstić information content (AvgIpc) is 2.26. The summed E-state index contributed by atoms with van der Waals surface area (Å²) in [6.45, 7) is 1.46. The van der Waals surface area contributed by atoms with E-state index in [0.29, 0.717) is 5.56 Å². The van der Waals surface area contributed by atoms with Gasteiger partial charge in [-0.3, -0.25) is 0 Å². The monoisotopic (exact) mass is 253 g/mol. The van der Waals surface area contributed by atoms with Gasteiger partial charge in [0.2, 0.25) is 0 Å². The van der Waals surface area contributed by atoms with E-state index in [2.05, 4.69) is 0 Å². The van der Waals surface area contributed by atoms with Gasteiger partial charge in [0.05, 0.1) is 11.6 Å². The van der Waals surface area contributed by atoms with Crippen molar-refractivity contribution in [3.05, 3.63) is 35.4 Å². The first kappa shape index (κ1) is 13.9. The van der Waals surface area contributed by atoms with E-state index < -0.39 is 30.1 Å². The molecule has 96 valence electrons. The van der Waals surface area contributed by atoms with E-state index in [9.17, 15) is 22.0 Å². The van der Waals surface area contributed by atoms with Crippen molar-refractivity contribution in [3.63, 3.8) is 0 Å². The normalized spacial score (nSPS) is 16.0. The van der Waals surface area contributed by atoms with Crippen LogP contribution >= 0.6 is 0 Å². The molecule has 1 rings (SSSR count). The third-order valence-electron chi connectivity index (χ3n) is 2.63. The maximum Gasteiger partial charge on any atom is 0.416 e. The zero-order valence-corrected chi connectivity index (χ0v) is 9.01. The predicted octanol–water partition coefficient (Wildman–Crippen LogP) is 3.40. The van der Waals surface area contributed by atoms with Crippen molar-refractivity contribution in [3.8, 4) is 0 Å². The molecule has 1 nitrogen and oxygen atoms in total. The van der Waals surface area contributed by atoms with E-state index in [1.807, 2.05) is 0 Å². The molecule has 0 fully saturated rings. The lowest BCUT2D eigenvalue weighted by Gasteiger charge is -2.19. The van der Waals surface area contributed by atoms with Gasteiger partial charge in [-0.2, -0.15) is 13.2 Å². The molecule has 6 heteroatoms. The third kappa shape index (κ3) is 3.39. The van der Waals surface area contributed by atoms with Gasteiger partial charge in [0, 0.05) is 5.92 Å². The minimum absolute atomic E-state index is 0.366. The summed E-state index contributed by atoms with van der Waals surface area (Å²) in [4.78, 5) is 0.